The van der Waals surface area contributed by atoms with Crippen molar-refractivity contribution in [2.45, 2.75) is 45.1 Å². The third kappa shape index (κ3) is 4.77. The summed E-state index contributed by atoms with van der Waals surface area (Å²) in [6, 6.07) is 9.71. The Hall–Kier alpha value is -2.05. The van der Waals surface area contributed by atoms with E-state index < -0.39 is 10.0 Å². The van der Waals surface area contributed by atoms with E-state index in [1.165, 1.54) is 18.2 Å². The van der Waals surface area contributed by atoms with Gasteiger partial charge in [-0.2, -0.15) is 0 Å². The fourth-order valence-corrected chi connectivity index (χ4v) is 3.95. The van der Waals surface area contributed by atoms with Crippen molar-refractivity contribution in [1.29, 1.82) is 0 Å². The smallest absolute Gasteiger partial charge is 0.263 e. The Labute approximate surface area is 159 Å². The van der Waals surface area contributed by atoms with Gasteiger partial charge in [0.05, 0.1) is 10.7 Å². The highest BCUT2D eigenvalue weighted by Crippen LogP contribution is 2.27. The standard InChI is InChI=1S/C19H23ClN2O3S/c1-5-14(4)21-19(23)15-8-9-16(20)18(11-15)26(24,25)22-17-10-12(2)6-7-13(17)3/h6-11,14,22H,5H2,1-4H3,(H,21,23)/t14-/m0/s1. The zero-order valence-corrected chi connectivity index (χ0v) is 16.8. The van der Waals surface area contributed by atoms with Crippen molar-refractivity contribution >= 4 is 33.2 Å². The van der Waals surface area contributed by atoms with Gasteiger partial charge in [-0.05, 0) is 62.6 Å². The van der Waals surface area contributed by atoms with Crippen molar-refractivity contribution in [3.8, 4) is 0 Å². The lowest BCUT2D eigenvalue weighted by Crippen LogP contribution is -2.32. The van der Waals surface area contributed by atoms with E-state index in [4.69, 9.17) is 11.6 Å². The van der Waals surface area contributed by atoms with Crippen LogP contribution in [0.5, 0.6) is 0 Å². The molecule has 2 N–H and O–H groups in total. The monoisotopic (exact) mass is 394 g/mol. The molecule has 2 rings (SSSR count). The molecule has 0 heterocycles. The van der Waals surface area contributed by atoms with Crippen LogP contribution in [0.4, 0.5) is 5.69 Å². The van der Waals surface area contributed by atoms with Gasteiger partial charge in [0.2, 0.25) is 0 Å². The highest BCUT2D eigenvalue weighted by molar-refractivity contribution is 7.92. The Morgan fingerprint density at radius 2 is 1.85 bits per heavy atom. The van der Waals surface area contributed by atoms with Crippen LogP contribution in [-0.2, 0) is 10.0 Å². The molecule has 0 saturated heterocycles. The van der Waals surface area contributed by atoms with Gasteiger partial charge in [-0.25, -0.2) is 8.42 Å². The number of benzene rings is 2. The molecule has 7 heteroatoms. The molecule has 0 fully saturated rings. The molecule has 0 aliphatic rings. The Morgan fingerprint density at radius 3 is 2.50 bits per heavy atom. The predicted octanol–water partition coefficient (Wildman–Crippen LogP) is 4.29. The first-order valence-electron chi connectivity index (χ1n) is 8.34. The first kappa shape index (κ1) is 20.3. The van der Waals surface area contributed by atoms with E-state index in [0.29, 0.717) is 5.69 Å². The van der Waals surface area contributed by atoms with Gasteiger partial charge in [-0.15, -0.1) is 0 Å². The molecule has 2 aromatic carbocycles. The summed E-state index contributed by atoms with van der Waals surface area (Å²) in [7, 11) is -3.94. The van der Waals surface area contributed by atoms with E-state index >= 15 is 0 Å². The van der Waals surface area contributed by atoms with Gasteiger partial charge in [0.1, 0.15) is 4.90 Å². The van der Waals surface area contributed by atoms with Crippen LogP contribution in [0.3, 0.4) is 0 Å². The Balaban J connectivity index is 2.38. The molecule has 0 saturated carbocycles. The Bertz CT molecular complexity index is 926. The minimum Gasteiger partial charge on any atom is -0.350 e. The Morgan fingerprint density at radius 1 is 1.15 bits per heavy atom. The number of halogens is 1. The average molecular weight is 395 g/mol. The van der Waals surface area contributed by atoms with Crippen LogP contribution in [0.2, 0.25) is 5.02 Å². The number of carbonyl (C=O) groups excluding carboxylic acids is 1. The number of hydrogen-bond donors (Lipinski definition) is 2. The quantitative estimate of drug-likeness (QED) is 0.767. The van der Waals surface area contributed by atoms with Crippen LogP contribution in [0, 0.1) is 13.8 Å². The molecule has 0 unspecified atom stereocenters. The van der Waals surface area contributed by atoms with Crippen molar-refractivity contribution < 1.29 is 13.2 Å². The van der Waals surface area contributed by atoms with Crippen molar-refractivity contribution in [3.63, 3.8) is 0 Å². The van der Waals surface area contributed by atoms with Crippen LogP contribution >= 0.6 is 11.6 Å². The number of anilines is 1. The minimum absolute atomic E-state index is 0.00805. The zero-order chi connectivity index (χ0) is 19.5. The number of aryl methyl sites for hydroxylation is 2. The molecule has 0 aliphatic heterocycles. The summed E-state index contributed by atoms with van der Waals surface area (Å²) in [6.45, 7) is 7.53. The first-order chi connectivity index (χ1) is 12.1. The molecule has 5 nitrogen and oxygen atoms in total. The van der Waals surface area contributed by atoms with E-state index in [0.717, 1.165) is 17.5 Å². The third-order valence-corrected chi connectivity index (χ3v) is 5.96. The van der Waals surface area contributed by atoms with Crippen LogP contribution in [0.1, 0.15) is 41.8 Å². The molecular formula is C19H23ClN2O3S. The summed E-state index contributed by atoms with van der Waals surface area (Å²) >= 11 is 6.10. The van der Waals surface area contributed by atoms with Gasteiger partial charge in [0.25, 0.3) is 15.9 Å². The first-order valence-corrected chi connectivity index (χ1v) is 10.2. The molecule has 26 heavy (non-hydrogen) atoms. The van der Waals surface area contributed by atoms with Crippen molar-refractivity contribution in [1.82, 2.24) is 5.32 Å². The van der Waals surface area contributed by atoms with Gasteiger partial charge in [-0.1, -0.05) is 30.7 Å². The van der Waals surface area contributed by atoms with Gasteiger partial charge in [0.15, 0.2) is 0 Å². The molecule has 0 aliphatic carbocycles. The molecule has 2 aromatic rings. The van der Waals surface area contributed by atoms with E-state index in [2.05, 4.69) is 10.0 Å². The fourth-order valence-electron chi connectivity index (χ4n) is 2.31. The maximum Gasteiger partial charge on any atom is 0.263 e. The number of sulfonamides is 1. The second-order valence-corrected chi connectivity index (χ2v) is 8.41. The number of nitrogens with one attached hydrogen (secondary N) is 2. The second-order valence-electron chi connectivity index (χ2n) is 6.35. The van der Waals surface area contributed by atoms with Gasteiger partial charge < -0.3 is 5.32 Å². The summed E-state index contributed by atoms with van der Waals surface area (Å²) in [6.07, 6.45) is 0.776. The van der Waals surface area contributed by atoms with Crippen LogP contribution in [0.25, 0.3) is 0 Å². The second kappa shape index (κ2) is 8.10. The van der Waals surface area contributed by atoms with Crippen molar-refractivity contribution in [2.75, 3.05) is 4.72 Å². The number of rotatable bonds is 6. The number of carbonyl (C=O) groups is 1. The molecule has 0 bridgehead atoms. The molecule has 0 radical (unpaired) electrons. The van der Waals surface area contributed by atoms with Crippen LogP contribution < -0.4 is 10.0 Å². The fraction of sp³-hybridized carbons (Fsp3) is 0.316. The van der Waals surface area contributed by atoms with E-state index in [1.54, 1.807) is 6.07 Å². The molecule has 1 amide bonds. The number of amides is 1. The number of hydrogen-bond acceptors (Lipinski definition) is 3. The maximum absolute atomic E-state index is 12.8. The van der Waals surface area contributed by atoms with Gasteiger partial charge in [0, 0.05) is 11.6 Å². The summed E-state index contributed by atoms with van der Waals surface area (Å²) < 4.78 is 28.2. The van der Waals surface area contributed by atoms with Crippen molar-refractivity contribution in [3.05, 3.63) is 58.1 Å². The third-order valence-electron chi connectivity index (χ3n) is 4.11. The van der Waals surface area contributed by atoms with E-state index in [1.807, 2.05) is 39.8 Å². The maximum atomic E-state index is 12.8. The minimum atomic E-state index is -3.94. The summed E-state index contributed by atoms with van der Waals surface area (Å²) in [4.78, 5) is 12.2. The predicted molar refractivity (Wildman–Crippen MR) is 105 cm³/mol. The van der Waals surface area contributed by atoms with Gasteiger partial charge >= 0.3 is 0 Å². The Kier molecular flexibility index (Phi) is 6.31. The largest absolute Gasteiger partial charge is 0.350 e. The van der Waals surface area contributed by atoms with E-state index in [9.17, 15) is 13.2 Å². The lowest BCUT2D eigenvalue weighted by molar-refractivity contribution is 0.0939. The van der Waals surface area contributed by atoms with Crippen LogP contribution in [-0.4, -0.2) is 20.4 Å². The summed E-state index contributed by atoms with van der Waals surface area (Å²) in [5, 5.41) is 2.87. The SMILES string of the molecule is CC[C@H](C)NC(=O)c1ccc(Cl)c(S(=O)(=O)Nc2cc(C)ccc2C)c1. The summed E-state index contributed by atoms with van der Waals surface area (Å²) in [5.74, 6) is -0.334. The molecule has 0 spiro atoms. The lowest BCUT2D eigenvalue weighted by Gasteiger charge is -2.14. The lowest BCUT2D eigenvalue weighted by atomic mass is 10.1. The molecular weight excluding hydrogens is 372 g/mol. The zero-order valence-electron chi connectivity index (χ0n) is 15.3. The topological polar surface area (TPSA) is 75.3 Å². The molecule has 140 valence electrons. The highest BCUT2D eigenvalue weighted by atomic mass is 35.5. The van der Waals surface area contributed by atoms with Gasteiger partial charge in [-0.3, -0.25) is 9.52 Å². The molecule has 1 atom stereocenters. The van der Waals surface area contributed by atoms with Crippen molar-refractivity contribution in [2.24, 2.45) is 0 Å². The molecule has 0 aromatic heterocycles. The normalized spacial score (nSPS) is 12.5. The summed E-state index contributed by atoms with van der Waals surface area (Å²) in [5.41, 5.74) is 2.45. The van der Waals surface area contributed by atoms with Crippen LogP contribution in [0.15, 0.2) is 41.3 Å². The van der Waals surface area contributed by atoms with E-state index in [-0.39, 0.29) is 27.4 Å². The average Bonchev–Trinajstić information content (AvgIpc) is 2.57. The highest BCUT2D eigenvalue weighted by Gasteiger charge is 2.21.